The number of hydrogen-bond acceptors (Lipinski definition) is 4. The third-order valence-electron chi connectivity index (χ3n) is 2.30. The van der Waals surface area contributed by atoms with Crippen LogP contribution in [0.4, 0.5) is 0 Å². The van der Waals surface area contributed by atoms with Crippen molar-refractivity contribution in [2.45, 2.75) is 10.6 Å². The van der Waals surface area contributed by atoms with E-state index in [1.165, 1.54) is 18.0 Å². The summed E-state index contributed by atoms with van der Waals surface area (Å²) in [5.74, 6) is 0.456. The molecule has 0 radical (unpaired) electrons. The van der Waals surface area contributed by atoms with Crippen LogP contribution in [-0.2, 0) is 5.75 Å². The van der Waals surface area contributed by atoms with Crippen molar-refractivity contribution >= 4 is 23.4 Å². The number of H-pyrrole nitrogens is 2. The van der Waals surface area contributed by atoms with Crippen molar-refractivity contribution in [3.05, 3.63) is 61.4 Å². The van der Waals surface area contributed by atoms with Crippen molar-refractivity contribution in [1.29, 1.82) is 5.26 Å². The lowest BCUT2D eigenvalue weighted by atomic mass is 10.2. The van der Waals surface area contributed by atoms with Crippen LogP contribution in [0.5, 0.6) is 0 Å². The summed E-state index contributed by atoms with van der Waals surface area (Å²) in [5, 5.41) is 9.21. The molecule has 19 heavy (non-hydrogen) atoms. The number of nitriles is 1. The second kappa shape index (κ2) is 5.78. The molecule has 0 bridgehead atoms. The van der Waals surface area contributed by atoms with Crippen LogP contribution in [0.3, 0.4) is 0 Å². The molecule has 5 nitrogen and oxygen atoms in total. The molecule has 1 heterocycles. The van der Waals surface area contributed by atoms with Gasteiger partial charge in [-0.1, -0.05) is 11.6 Å². The summed E-state index contributed by atoms with van der Waals surface area (Å²) in [7, 11) is 0. The monoisotopic (exact) mass is 293 g/mol. The molecule has 1 aromatic carbocycles. The van der Waals surface area contributed by atoms with Gasteiger partial charge in [0.25, 0.3) is 0 Å². The highest BCUT2D eigenvalue weighted by atomic mass is 35.5. The molecule has 0 atom stereocenters. The molecule has 7 heteroatoms. The topological polar surface area (TPSA) is 89.5 Å². The molecule has 96 valence electrons. The maximum Gasteiger partial charge on any atom is 0.313 e. The van der Waals surface area contributed by atoms with Gasteiger partial charge in [-0.3, -0.25) is 9.59 Å². The summed E-state index contributed by atoms with van der Waals surface area (Å²) in [6.45, 7) is 0. The third kappa shape index (κ3) is 3.28. The molecule has 2 rings (SSSR count). The second-order valence-corrected chi connectivity index (χ2v) is 5.07. The first-order chi connectivity index (χ1) is 9.10. The van der Waals surface area contributed by atoms with E-state index in [0.717, 1.165) is 4.90 Å². The Hall–Kier alpha value is -1.97. The van der Waals surface area contributed by atoms with Crippen LogP contribution >= 0.6 is 23.4 Å². The molecule has 0 unspecified atom stereocenters. The van der Waals surface area contributed by atoms with E-state index in [1.807, 2.05) is 6.07 Å². The first-order valence-corrected chi connectivity index (χ1v) is 6.60. The van der Waals surface area contributed by atoms with Gasteiger partial charge in [0.2, 0.25) is 0 Å². The predicted octanol–water partition coefficient (Wildman–Crippen LogP) is 1.88. The Kier molecular flexibility index (Phi) is 4.10. The Morgan fingerprint density at radius 1 is 1.32 bits per heavy atom. The number of benzene rings is 1. The van der Waals surface area contributed by atoms with Crippen LogP contribution in [0.1, 0.15) is 11.3 Å². The first kappa shape index (κ1) is 13.5. The number of nitrogens with one attached hydrogen (secondary N) is 2. The van der Waals surface area contributed by atoms with E-state index in [1.54, 1.807) is 18.2 Å². The Labute approximate surface area is 117 Å². The maximum absolute atomic E-state index is 11.1. The average molecular weight is 294 g/mol. The fourth-order valence-electron chi connectivity index (χ4n) is 1.38. The average Bonchev–Trinajstić information content (AvgIpc) is 2.41. The third-order valence-corrected chi connectivity index (χ3v) is 3.85. The lowest BCUT2D eigenvalue weighted by Crippen LogP contribution is -2.29. The first-order valence-electron chi connectivity index (χ1n) is 5.23. The van der Waals surface area contributed by atoms with Gasteiger partial charge < -0.3 is 9.97 Å². The molecule has 0 aliphatic rings. The number of rotatable bonds is 3. The summed E-state index contributed by atoms with van der Waals surface area (Å²) >= 11 is 7.43. The van der Waals surface area contributed by atoms with Gasteiger partial charge in [-0.15, -0.1) is 11.8 Å². The molecule has 2 aromatic rings. The lowest BCUT2D eigenvalue weighted by molar-refractivity contribution is 1.01. The minimum atomic E-state index is -0.677. The van der Waals surface area contributed by atoms with Gasteiger partial charge in [0, 0.05) is 22.5 Å². The Morgan fingerprint density at radius 3 is 2.74 bits per heavy atom. The number of aromatic amines is 2. The Morgan fingerprint density at radius 2 is 2.11 bits per heavy atom. The highest BCUT2D eigenvalue weighted by Gasteiger charge is 2.04. The molecule has 0 spiro atoms. The minimum Gasteiger partial charge on any atom is -0.323 e. The molecule has 0 saturated heterocycles. The van der Waals surface area contributed by atoms with Gasteiger partial charge in [0.1, 0.15) is 0 Å². The molecule has 0 amide bonds. The lowest BCUT2D eigenvalue weighted by Gasteiger charge is -2.04. The molecule has 0 fully saturated rings. The number of hydrogen-bond donors (Lipinski definition) is 2. The van der Waals surface area contributed by atoms with E-state index in [2.05, 4.69) is 9.97 Å². The summed E-state index contributed by atoms with van der Waals surface area (Å²) in [6, 6.07) is 7.00. The SMILES string of the molecule is N#Cc1ccc(SCc2c[nH]c(=O)c(=O)[nH]2)c(Cl)c1. The van der Waals surface area contributed by atoms with Gasteiger partial charge in [0.05, 0.1) is 16.7 Å². The second-order valence-electron chi connectivity index (χ2n) is 3.64. The quantitative estimate of drug-likeness (QED) is 0.668. The summed E-state index contributed by atoms with van der Waals surface area (Å²) < 4.78 is 0. The molecular formula is C12H8ClN3O2S. The van der Waals surface area contributed by atoms with E-state index in [0.29, 0.717) is 22.0 Å². The van der Waals surface area contributed by atoms with E-state index < -0.39 is 11.1 Å². The summed E-state index contributed by atoms with van der Waals surface area (Å²) in [6.07, 6.45) is 1.45. The summed E-state index contributed by atoms with van der Waals surface area (Å²) in [5.41, 5.74) is -0.268. The number of thioether (sulfide) groups is 1. The molecule has 0 aliphatic carbocycles. The van der Waals surface area contributed by atoms with E-state index >= 15 is 0 Å². The fourth-order valence-corrected chi connectivity index (χ4v) is 2.55. The van der Waals surface area contributed by atoms with Gasteiger partial charge in [-0.25, -0.2) is 0 Å². The van der Waals surface area contributed by atoms with E-state index in [-0.39, 0.29) is 0 Å². The normalized spacial score (nSPS) is 10.1. The molecule has 0 aliphatic heterocycles. The van der Waals surface area contributed by atoms with Crippen molar-refractivity contribution in [1.82, 2.24) is 9.97 Å². The van der Waals surface area contributed by atoms with Gasteiger partial charge in [0.15, 0.2) is 0 Å². The smallest absolute Gasteiger partial charge is 0.313 e. The minimum absolute atomic E-state index is 0.456. The Balaban J connectivity index is 2.14. The van der Waals surface area contributed by atoms with Crippen LogP contribution in [0.15, 0.2) is 38.9 Å². The van der Waals surface area contributed by atoms with E-state index in [4.69, 9.17) is 16.9 Å². The van der Waals surface area contributed by atoms with Crippen molar-refractivity contribution in [2.75, 3.05) is 0 Å². The molecule has 0 saturated carbocycles. The highest BCUT2D eigenvalue weighted by molar-refractivity contribution is 7.98. The zero-order valence-corrected chi connectivity index (χ0v) is 11.1. The van der Waals surface area contributed by atoms with Gasteiger partial charge in [-0.2, -0.15) is 5.26 Å². The predicted molar refractivity (Wildman–Crippen MR) is 73.4 cm³/mol. The number of nitrogens with zero attached hydrogens (tertiary/aromatic N) is 1. The van der Waals surface area contributed by atoms with Gasteiger partial charge in [-0.05, 0) is 18.2 Å². The van der Waals surface area contributed by atoms with Crippen LogP contribution < -0.4 is 11.1 Å². The van der Waals surface area contributed by atoms with Crippen LogP contribution in [0.25, 0.3) is 0 Å². The van der Waals surface area contributed by atoms with Crippen molar-refractivity contribution in [3.63, 3.8) is 0 Å². The van der Waals surface area contributed by atoms with Crippen molar-refractivity contribution in [3.8, 4) is 6.07 Å². The molecular weight excluding hydrogens is 286 g/mol. The number of halogens is 1. The van der Waals surface area contributed by atoms with Crippen LogP contribution in [0.2, 0.25) is 5.02 Å². The zero-order chi connectivity index (χ0) is 13.8. The highest BCUT2D eigenvalue weighted by Crippen LogP contribution is 2.29. The maximum atomic E-state index is 11.1. The van der Waals surface area contributed by atoms with Crippen molar-refractivity contribution < 1.29 is 0 Å². The standard InChI is InChI=1S/C12H8ClN3O2S/c13-9-3-7(4-14)1-2-10(9)19-6-8-5-15-11(17)12(18)16-8/h1-3,5H,6H2,(H,15,17)(H,16,18). The van der Waals surface area contributed by atoms with E-state index in [9.17, 15) is 9.59 Å². The Bertz CT molecular complexity index is 761. The largest absolute Gasteiger partial charge is 0.323 e. The zero-order valence-electron chi connectivity index (χ0n) is 9.57. The fraction of sp³-hybridized carbons (Fsp3) is 0.0833. The summed E-state index contributed by atoms with van der Waals surface area (Å²) in [4.78, 5) is 27.7. The number of aromatic nitrogens is 2. The van der Waals surface area contributed by atoms with Crippen LogP contribution in [0, 0.1) is 11.3 Å². The molecule has 2 N–H and O–H groups in total. The molecule has 1 aromatic heterocycles. The van der Waals surface area contributed by atoms with Gasteiger partial charge >= 0.3 is 11.1 Å². The van der Waals surface area contributed by atoms with Crippen molar-refractivity contribution in [2.24, 2.45) is 0 Å². The van der Waals surface area contributed by atoms with Crippen LogP contribution in [-0.4, -0.2) is 9.97 Å².